The maximum absolute atomic E-state index is 10.9. The van der Waals surface area contributed by atoms with Gasteiger partial charge in [-0.25, -0.2) is 0 Å². The summed E-state index contributed by atoms with van der Waals surface area (Å²) in [7, 11) is 1.95. The van der Waals surface area contributed by atoms with Gasteiger partial charge in [-0.2, -0.15) is 5.10 Å². The van der Waals surface area contributed by atoms with Crippen molar-refractivity contribution in [3.63, 3.8) is 0 Å². The summed E-state index contributed by atoms with van der Waals surface area (Å²) in [4.78, 5) is 12.9. The largest absolute Gasteiger partial charge is 0.481 e. The van der Waals surface area contributed by atoms with Crippen LogP contribution in [-0.2, 0) is 17.9 Å². The van der Waals surface area contributed by atoms with Gasteiger partial charge in [0.05, 0.1) is 18.7 Å². The summed E-state index contributed by atoms with van der Waals surface area (Å²) in [5.74, 6) is -0.777. The Morgan fingerprint density at radius 2 is 1.86 bits per heavy atom. The van der Waals surface area contributed by atoms with Crippen LogP contribution in [0.5, 0.6) is 0 Å². The zero-order valence-corrected chi connectivity index (χ0v) is 16.7. The molecule has 3 rings (SSSR count). The number of nitrogens with zero attached hydrogens (tertiary/aromatic N) is 3. The van der Waals surface area contributed by atoms with E-state index in [1.807, 2.05) is 34.8 Å². The number of aromatic nitrogens is 2. The summed E-state index contributed by atoms with van der Waals surface area (Å²) in [5, 5.41) is 13.8. The van der Waals surface area contributed by atoms with E-state index >= 15 is 0 Å². The van der Waals surface area contributed by atoms with Crippen LogP contribution in [0.4, 0.5) is 0 Å². The Labute approximate surface area is 166 Å². The molecule has 1 aromatic heterocycles. The lowest BCUT2D eigenvalue weighted by molar-refractivity contribution is -0.137. The number of carboxylic acid groups (broad SMARTS) is 1. The van der Waals surface area contributed by atoms with Crippen LogP contribution in [0.25, 0.3) is 11.3 Å². The van der Waals surface area contributed by atoms with Gasteiger partial charge in [-0.1, -0.05) is 42.5 Å². The van der Waals surface area contributed by atoms with Gasteiger partial charge in [-0.15, -0.1) is 0 Å². The van der Waals surface area contributed by atoms with Gasteiger partial charge in [0.15, 0.2) is 0 Å². The molecule has 0 saturated carbocycles. The summed E-state index contributed by atoms with van der Waals surface area (Å²) >= 11 is 0. The average molecular weight is 377 g/mol. The van der Waals surface area contributed by atoms with E-state index in [1.54, 1.807) is 0 Å². The van der Waals surface area contributed by atoms with Crippen molar-refractivity contribution in [3.05, 3.63) is 77.0 Å². The molecule has 0 spiro atoms. The van der Waals surface area contributed by atoms with Gasteiger partial charge in [-0.05, 0) is 43.7 Å². The number of aryl methyl sites for hydroxylation is 2. The molecule has 1 N–H and O–H groups in total. The fourth-order valence-corrected chi connectivity index (χ4v) is 3.22. The standard InChI is InChI=1S/C23H27N3O2/c1-17-9-10-20(13-18(17)2)23-21(15-25(3)12-11-22(27)28)16-26(24-23)14-19-7-5-4-6-8-19/h4-10,13,16H,11-12,14-15H2,1-3H3,(H,27,28). The first-order chi connectivity index (χ1) is 13.4. The van der Waals surface area contributed by atoms with Gasteiger partial charge in [0.2, 0.25) is 0 Å². The van der Waals surface area contributed by atoms with E-state index in [-0.39, 0.29) is 6.42 Å². The summed E-state index contributed by atoms with van der Waals surface area (Å²) < 4.78 is 1.97. The lowest BCUT2D eigenvalue weighted by Gasteiger charge is -2.15. The zero-order valence-electron chi connectivity index (χ0n) is 16.7. The third-order valence-electron chi connectivity index (χ3n) is 4.95. The minimum absolute atomic E-state index is 0.133. The monoisotopic (exact) mass is 377 g/mol. The normalized spacial score (nSPS) is 11.1. The Bertz CT molecular complexity index is 948. The molecule has 146 valence electrons. The smallest absolute Gasteiger partial charge is 0.304 e. The molecule has 0 amide bonds. The highest BCUT2D eigenvalue weighted by Crippen LogP contribution is 2.26. The van der Waals surface area contributed by atoms with Crippen LogP contribution in [0, 0.1) is 13.8 Å². The predicted molar refractivity (Wildman–Crippen MR) is 111 cm³/mol. The quantitative estimate of drug-likeness (QED) is 0.641. The SMILES string of the molecule is Cc1ccc(-c2nn(Cc3ccccc3)cc2CN(C)CCC(=O)O)cc1C. The number of carboxylic acids is 1. The van der Waals surface area contributed by atoms with Gasteiger partial charge in [0.25, 0.3) is 0 Å². The van der Waals surface area contributed by atoms with Crippen LogP contribution < -0.4 is 0 Å². The summed E-state index contributed by atoms with van der Waals surface area (Å²) in [6, 6.07) is 16.7. The molecular weight excluding hydrogens is 350 g/mol. The maximum atomic E-state index is 10.9. The average Bonchev–Trinajstić information content (AvgIpc) is 3.05. The lowest BCUT2D eigenvalue weighted by Crippen LogP contribution is -2.21. The minimum Gasteiger partial charge on any atom is -0.481 e. The van der Waals surface area contributed by atoms with Crippen molar-refractivity contribution < 1.29 is 9.90 Å². The third-order valence-corrected chi connectivity index (χ3v) is 4.95. The predicted octanol–water partition coefficient (Wildman–Crippen LogP) is 4.12. The highest BCUT2D eigenvalue weighted by atomic mass is 16.4. The Hall–Kier alpha value is -2.92. The van der Waals surface area contributed by atoms with Crippen molar-refractivity contribution in [1.82, 2.24) is 14.7 Å². The number of rotatable bonds is 8. The Balaban J connectivity index is 1.90. The minimum atomic E-state index is -0.777. The van der Waals surface area contributed by atoms with Crippen LogP contribution >= 0.6 is 0 Å². The third kappa shape index (κ3) is 5.08. The second-order valence-electron chi connectivity index (χ2n) is 7.37. The number of carbonyl (C=O) groups is 1. The molecule has 28 heavy (non-hydrogen) atoms. The highest BCUT2D eigenvalue weighted by molar-refractivity contribution is 5.67. The number of hydrogen-bond acceptors (Lipinski definition) is 3. The van der Waals surface area contributed by atoms with Gasteiger partial charge < -0.3 is 10.0 Å². The number of aliphatic carboxylic acids is 1. The second-order valence-corrected chi connectivity index (χ2v) is 7.37. The molecule has 0 saturated heterocycles. The fourth-order valence-electron chi connectivity index (χ4n) is 3.22. The van der Waals surface area contributed by atoms with Crippen LogP contribution in [0.15, 0.2) is 54.7 Å². The topological polar surface area (TPSA) is 58.4 Å². The molecule has 0 aliphatic carbocycles. The van der Waals surface area contributed by atoms with Crippen molar-refractivity contribution >= 4 is 5.97 Å². The molecule has 3 aromatic rings. The van der Waals surface area contributed by atoms with Crippen LogP contribution in [-0.4, -0.2) is 39.3 Å². The summed E-state index contributed by atoms with van der Waals surface area (Å²) in [6.07, 6.45) is 2.21. The number of hydrogen-bond donors (Lipinski definition) is 1. The first kappa shape index (κ1) is 19.8. The fraction of sp³-hybridized carbons (Fsp3) is 0.304. The Morgan fingerprint density at radius 3 is 2.54 bits per heavy atom. The van der Waals surface area contributed by atoms with Crippen LogP contribution in [0.3, 0.4) is 0 Å². The van der Waals surface area contributed by atoms with Crippen molar-refractivity contribution in [2.45, 2.75) is 33.4 Å². The van der Waals surface area contributed by atoms with Crippen LogP contribution in [0.1, 0.15) is 28.7 Å². The molecule has 0 bridgehead atoms. The molecule has 0 radical (unpaired) electrons. The molecule has 0 atom stereocenters. The molecule has 5 heteroatoms. The van der Waals surface area contributed by atoms with Crippen molar-refractivity contribution in [2.24, 2.45) is 0 Å². The van der Waals surface area contributed by atoms with Gasteiger partial charge in [0.1, 0.15) is 0 Å². The molecule has 0 aliphatic rings. The van der Waals surface area contributed by atoms with Crippen molar-refractivity contribution in [2.75, 3.05) is 13.6 Å². The van der Waals surface area contributed by atoms with E-state index in [0.717, 1.165) is 16.8 Å². The molecule has 0 aliphatic heterocycles. The molecule has 5 nitrogen and oxygen atoms in total. The molecule has 1 heterocycles. The molecule has 2 aromatic carbocycles. The van der Waals surface area contributed by atoms with E-state index in [4.69, 9.17) is 10.2 Å². The Morgan fingerprint density at radius 1 is 1.11 bits per heavy atom. The van der Waals surface area contributed by atoms with Crippen molar-refractivity contribution in [1.29, 1.82) is 0 Å². The molecule has 0 fully saturated rings. The van der Waals surface area contributed by atoms with E-state index in [1.165, 1.54) is 16.7 Å². The first-order valence-corrected chi connectivity index (χ1v) is 9.50. The van der Waals surface area contributed by atoms with E-state index in [0.29, 0.717) is 19.6 Å². The second kappa shape index (κ2) is 8.85. The van der Waals surface area contributed by atoms with E-state index in [2.05, 4.69) is 50.4 Å². The van der Waals surface area contributed by atoms with Crippen molar-refractivity contribution in [3.8, 4) is 11.3 Å². The first-order valence-electron chi connectivity index (χ1n) is 9.50. The Kier molecular flexibility index (Phi) is 6.26. The van der Waals surface area contributed by atoms with Gasteiger partial charge in [-0.3, -0.25) is 9.48 Å². The summed E-state index contributed by atoms with van der Waals surface area (Å²) in [6.45, 7) is 6.08. The molecular formula is C23H27N3O2. The highest BCUT2D eigenvalue weighted by Gasteiger charge is 2.15. The molecule has 0 unspecified atom stereocenters. The summed E-state index contributed by atoms with van der Waals surface area (Å²) in [5.41, 5.74) is 6.85. The van der Waals surface area contributed by atoms with Crippen LogP contribution in [0.2, 0.25) is 0 Å². The van der Waals surface area contributed by atoms with E-state index < -0.39 is 5.97 Å². The van der Waals surface area contributed by atoms with E-state index in [9.17, 15) is 4.79 Å². The van der Waals surface area contributed by atoms with Gasteiger partial charge in [0, 0.05) is 30.4 Å². The lowest BCUT2D eigenvalue weighted by atomic mass is 10.0. The maximum Gasteiger partial charge on any atom is 0.304 e. The van der Waals surface area contributed by atoms with Gasteiger partial charge >= 0.3 is 5.97 Å². The zero-order chi connectivity index (χ0) is 20.1. The number of benzene rings is 2.